The third kappa shape index (κ3) is 11.0. The van der Waals surface area contributed by atoms with Gasteiger partial charge in [0.15, 0.2) is 0 Å². The van der Waals surface area contributed by atoms with Crippen molar-refractivity contribution in [3.8, 4) is 0 Å². The predicted octanol–water partition coefficient (Wildman–Crippen LogP) is 2.94. The Labute approximate surface area is 127 Å². The quantitative estimate of drug-likeness (QED) is 0.245. The van der Waals surface area contributed by atoms with Crippen molar-refractivity contribution in [2.75, 3.05) is 6.61 Å². The monoisotopic (exact) mass is 292 g/mol. The average molecular weight is 292 g/mol. The van der Waals surface area contributed by atoms with Gasteiger partial charge in [0, 0.05) is 24.2 Å². The fourth-order valence-corrected chi connectivity index (χ4v) is 1.94. The predicted molar refractivity (Wildman–Crippen MR) is 85.3 cm³/mol. The van der Waals surface area contributed by atoms with Crippen LogP contribution in [-0.2, 0) is 14.2 Å². The smallest absolute Gasteiger partial charge is 0.427 e. The van der Waals surface area contributed by atoms with E-state index >= 15 is 0 Å². The molecule has 0 unspecified atom stereocenters. The Balaban J connectivity index is 3.72. The molecule has 0 bridgehead atoms. The SMILES string of the molecule is C=CCOB(O)CCCCCCC(=C=O)CC(=C=O)CC. The van der Waals surface area contributed by atoms with Crippen molar-refractivity contribution in [1.82, 2.24) is 0 Å². The van der Waals surface area contributed by atoms with Gasteiger partial charge in [-0.2, -0.15) is 0 Å². The minimum absolute atomic E-state index is 0.360. The van der Waals surface area contributed by atoms with E-state index in [9.17, 15) is 14.6 Å². The van der Waals surface area contributed by atoms with Crippen molar-refractivity contribution < 1.29 is 19.3 Å². The number of carbonyl (C=O) groups excluding carboxylic acids is 2. The molecule has 0 saturated heterocycles. The Morgan fingerprint density at radius 2 is 1.86 bits per heavy atom. The molecule has 0 aromatic heterocycles. The Hall–Kier alpha value is -1.38. The molecule has 0 rings (SSSR count). The van der Waals surface area contributed by atoms with E-state index in [2.05, 4.69) is 6.58 Å². The first-order valence-electron chi connectivity index (χ1n) is 7.54. The molecule has 0 aliphatic carbocycles. The Kier molecular flexibility index (Phi) is 12.7. The number of hydrogen-bond donors (Lipinski definition) is 1. The summed E-state index contributed by atoms with van der Waals surface area (Å²) < 4.78 is 5.06. The molecule has 0 amide bonds. The Morgan fingerprint density at radius 3 is 2.43 bits per heavy atom. The van der Waals surface area contributed by atoms with E-state index < -0.39 is 7.12 Å². The second kappa shape index (κ2) is 13.6. The van der Waals surface area contributed by atoms with Crippen LogP contribution in [0.15, 0.2) is 23.8 Å². The number of unbranched alkanes of at least 4 members (excludes halogenated alkanes) is 3. The molecule has 1 N–H and O–H groups in total. The van der Waals surface area contributed by atoms with Gasteiger partial charge in [0.1, 0.15) is 11.9 Å². The molecule has 5 heteroatoms. The summed E-state index contributed by atoms with van der Waals surface area (Å²) in [5.41, 5.74) is 1.26. The lowest BCUT2D eigenvalue weighted by Crippen LogP contribution is -2.17. The highest BCUT2D eigenvalue weighted by atomic mass is 16.5. The van der Waals surface area contributed by atoms with Crippen LogP contribution in [0, 0.1) is 0 Å². The minimum Gasteiger partial charge on any atom is -0.427 e. The summed E-state index contributed by atoms with van der Waals surface area (Å²) in [7, 11) is -0.724. The van der Waals surface area contributed by atoms with Gasteiger partial charge in [-0.05, 0) is 25.6 Å². The molecule has 21 heavy (non-hydrogen) atoms. The van der Waals surface area contributed by atoms with E-state index in [1.54, 1.807) is 6.08 Å². The van der Waals surface area contributed by atoms with Gasteiger partial charge in [-0.15, -0.1) is 6.58 Å². The zero-order valence-corrected chi connectivity index (χ0v) is 12.9. The van der Waals surface area contributed by atoms with Crippen LogP contribution in [0.2, 0.25) is 6.32 Å². The first-order valence-corrected chi connectivity index (χ1v) is 7.54. The highest BCUT2D eigenvalue weighted by Gasteiger charge is 2.10. The van der Waals surface area contributed by atoms with Crippen LogP contribution >= 0.6 is 0 Å². The third-order valence-corrected chi connectivity index (χ3v) is 3.23. The highest BCUT2D eigenvalue weighted by molar-refractivity contribution is 6.42. The number of hydrogen-bond acceptors (Lipinski definition) is 4. The second-order valence-corrected chi connectivity index (χ2v) is 4.97. The molecule has 0 radical (unpaired) electrons. The minimum atomic E-state index is -0.724. The summed E-state index contributed by atoms with van der Waals surface area (Å²) in [4.78, 5) is 21.4. The standard InChI is InChI=1S/C16H25BO4/c1-3-11-21-17(20)10-8-6-5-7-9-16(14-19)12-15(4-2)13-18/h3,20H,1,4-12H2,2H3. The maximum Gasteiger partial charge on any atom is 0.454 e. The highest BCUT2D eigenvalue weighted by Crippen LogP contribution is 2.16. The van der Waals surface area contributed by atoms with E-state index in [0.29, 0.717) is 43.3 Å². The summed E-state index contributed by atoms with van der Waals surface area (Å²) >= 11 is 0. The molecule has 0 aliphatic rings. The largest absolute Gasteiger partial charge is 0.454 e. The molecule has 0 aromatic rings. The number of allylic oxidation sites excluding steroid dienone is 2. The number of rotatable bonds is 13. The van der Waals surface area contributed by atoms with Crippen LogP contribution in [0.3, 0.4) is 0 Å². The molecule has 0 atom stereocenters. The lowest BCUT2D eigenvalue weighted by atomic mass is 9.82. The van der Waals surface area contributed by atoms with Crippen molar-refractivity contribution in [2.45, 2.75) is 58.2 Å². The fraction of sp³-hybridized carbons (Fsp3) is 0.625. The van der Waals surface area contributed by atoms with Gasteiger partial charge >= 0.3 is 7.12 Å². The van der Waals surface area contributed by atoms with Crippen molar-refractivity contribution in [3.05, 3.63) is 23.8 Å². The van der Waals surface area contributed by atoms with Gasteiger partial charge in [0.05, 0.1) is 0 Å². The summed E-state index contributed by atoms with van der Waals surface area (Å²) in [5, 5.41) is 9.45. The molecule has 4 nitrogen and oxygen atoms in total. The van der Waals surface area contributed by atoms with E-state index in [1.807, 2.05) is 18.8 Å². The summed E-state index contributed by atoms with van der Waals surface area (Å²) in [6, 6.07) is 0. The summed E-state index contributed by atoms with van der Waals surface area (Å²) in [6.45, 7) is 5.75. The van der Waals surface area contributed by atoms with Gasteiger partial charge in [-0.1, -0.05) is 32.3 Å². The van der Waals surface area contributed by atoms with E-state index in [-0.39, 0.29) is 0 Å². The van der Waals surface area contributed by atoms with Crippen LogP contribution in [0.25, 0.3) is 0 Å². The maximum atomic E-state index is 10.8. The van der Waals surface area contributed by atoms with E-state index in [4.69, 9.17) is 4.65 Å². The van der Waals surface area contributed by atoms with Crippen LogP contribution in [-0.4, -0.2) is 30.6 Å². The zero-order valence-electron chi connectivity index (χ0n) is 12.9. The molecule has 0 aliphatic heterocycles. The first kappa shape index (κ1) is 19.6. The van der Waals surface area contributed by atoms with Crippen LogP contribution in [0.4, 0.5) is 0 Å². The van der Waals surface area contributed by atoms with Gasteiger partial charge in [0.2, 0.25) is 0 Å². The molecule has 0 heterocycles. The zero-order chi connectivity index (χ0) is 15.9. The molecule has 0 aromatic carbocycles. The van der Waals surface area contributed by atoms with Gasteiger partial charge < -0.3 is 9.68 Å². The molecular formula is C16H25BO4. The Bertz CT molecular complexity index is 393. The van der Waals surface area contributed by atoms with Gasteiger partial charge in [-0.3, -0.25) is 0 Å². The van der Waals surface area contributed by atoms with Crippen molar-refractivity contribution >= 4 is 19.0 Å². The maximum absolute atomic E-state index is 10.8. The fourth-order valence-electron chi connectivity index (χ4n) is 1.94. The topological polar surface area (TPSA) is 63.6 Å². The molecule has 0 fully saturated rings. The summed E-state index contributed by atoms with van der Waals surface area (Å²) in [6.07, 6.45) is 7.64. The molecular weight excluding hydrogens is 267 g/mol. The lowest BCUT2D eigenvalue weighted by Gasteiger charge is -2.06. The van der Waals surface area contributed by atoms with Crippen LogP contribution < -0.4 is 0 Å². The average Bonchev–Trinajstić information content (AvgIpc) is 2.51. The van der Waals surface area contributed by atoms with Crippen LogP contribution in [0.5, 0.6) is 0 Å². The second-order valence-electron chi connectivity index (χ2n) is 4.97. The first-order chi connectivity index (χ1) is 10.2. The van der Waals surface area contributed by atoms with E-state index in [0.717, 1.165) is 25.7 Å². The normalized spacial score (nSPS) is 9.62. The molecule has 116 valence electrons. The van der Waals surface area contributed by atoms with Crippen LogP contribution in [0.1, 0.15) is 51.9 Å². The lowest BCUT2D eigenvalue weighted by molar-refractivity contribution is 0.289. The van der Waals surface area contributed by atoms with E-state index in [1.165, 1.54) is 0 Å². The van der Waals surface area contributed by atoms with Crippen molar-refractivity contribution in [2.24, 2.45) is 0 Å². The Morgan fingerprint density at radius 1 is 1.19 bits per heavy atom. The molecule has 0 saturated carbocycles. The van der Waals surface area contributed by atoms with Gasteiger partial charge in [0.25, 0.3) is 0 Å². The van der Waals surface area contributed by atoms with Gasteiger partial charge in [-0.25, -0.2) is 9.59 Å². The van der Waals surface area contributed by atoms with Crippen molar-refractivity contribution in [3.63, 3.8) is 0 Å². The molecule has 0 spiro atoms. The summed E-state index contributed by atoms with van der Waals surface area (Å²) in [5.74, 6) is 3.81. The van der Waals surface area contributed by atoms with Crippen molar-refractivity contribution in [1.29, 1.82) is 0 Å². The third-order valence-electron chi connectivity index (χ3n) is 3.23.